The molecule has 0 atom stereocenters. The van der Waals surface area contributed by atoms with Gasteiger partial charge < -0.3 is 9.80 Å². The molecule has 0 unspecified atom stereocenters. The first-order valence-corrected chi connectivity index (χ1v) is 8.63. The van der Waals surface area contributed by atoms with Gasteiger partial charge in [0.15, 0.2) is 12.2 Å². The van der Waals surface area contributed by atoms with Gasteiger partial charge in [-0.3, -0.25) is 4.79 Å². The average molecular weight is 314 g/mol. The molecule has 1 aliphatic heterocycles. The highest BCUT2D eigenvalue weighted by Crippen LogP contribution is 2.27. The lowest BCUT2D eigenvalue weighted by atomic mass is 10.1. The number of hydrogen-bond donors (Lipinski definition) is 1. The predicted octanol–water partition coefficient (Wildman–Crippen LogP) is 4.20. The van der Waals surface area contributed by atoms with Crippen molar-refractivity contribution in [3.63, 3.8) is 0 Å². The Balaban J connectivity index is 2.11. The number of quaternary nitrogens is 1. The van der Waals surface area contributed by atoms with Crippen LogP contribution >= 0.6 is 0 Å². The van der Waals surface area contributed by atoms with Crippen molar-refractivity contribution >= 4 is 17.3 Å². The summed E-state index contributed by atoms with van der Waals surface area (Å²) in [6.07, 6.45) is 5.02. The molecule has 0 aliphatic carbocycles. The summed E-state index contributed by atoms with van der Waals surface area (Å²) >= 11 is 0. The second-order valence-corrected chi connectivity index (χ2v) is 6.79. The Hall–Kier alpha value is -1.86. The predicted molar refractivity (Wildman–Crippen MR) is 94.7 cm³/mol. The van der Waals surface area contributed by atoms with Gasteiger partial charge in [0.25, 0.3) is 5.91 Å². The van der Waals surface area contributed by atoms with E-state index in [9.17, 15) is 4.79 Å². The molecule has 1 fully saturated rings. The van der Waals surface area contributed by atoms with Crippen LogP contribution in [0.1, 0.15) is 43.7 Å². The van der Waals surface area contributed by atoms with Crippen molar-refractivity contribution in [1.29, 1.82) is 0 Å². The maximum absolute atomic E-state index is 12.6. The molecule has 4 nitrogen and oxygen atoms in total. The fourth-order valence-corrected chi connectivity index (χ4v) is 3.63. The summed E-state index contributed by atoms with van der Waals surface area (Å²) in [6, 6.07) is 3.68. The van der Waals surface area contributed by atoms with Gasteiger partial charge >= 0.3 is 0 Å². The third-order valence-corrected chi connectivity index (χ3v) is 5.08. The Morgan fingerprint density at radius 3 is 2.22 bits per heavy atom. The molecule has 124 valence electrons. The van der Waals surface area contributed by atoms with Gasteiger partial charge in [-0.25, -0.2) is 4.85 Å². The molecule has 0 radical (unpaired) electrons. The van der Waals surface area contributed by atoms with E-state index >= 15 is 0 Å². The molecule has 1 aliphatic rings. The molecule has 1 saturated heterocycles. The summed E-state index contributed by atoms with van der Waals surface area (Å²) in [5.41, 5.74) is 3.42. The molecular weight excluding hydrogens is 286 g/mol. The second kappa shape index (κ2) is 7.61. The lowest BCUT2D eigenvalue weighted by Crippen LogP contribution is -2.52. The summed E-state index contributed by atoms with van der Waals surface area (Å²) < 4.78 is 0.907. The first-order valence-electron chi connectivity index (χ1n) is 8.63. The summed E-state index contributed by atoms with van der Waals surface area (Å²) in [5, 5.41) is 3.10. The lowest BCUT2D eigenvalue weighted by Gasteiger charge is -2.36. The van der Waals surface area contributed by atoms with Gasteiger partial charge in [0.05, 0.1) is 26.2 Å². The number of nitrogens with zero attached hydrogens (tertiary/aromatic N) is 2. The van der Waals surface area contributed by atoms with Crippen LogP contribution in [0, 0.1) is 20.4 Å². The SMILES string of the molecule is [C-]#[N+]c1cc(C)c(NC(=O)C[N+]2(CC)CCCCCC2)c(C)c1. The fraction of sp³-hybridized carbons (Fsp3) is 0.579. The number of anilines is 1. The minimum atomic E-state index is 0.0931. The molecule has 1 N–H and O–H groups in total. The zero-order valence-corrected chi connectivity index (χ0v) is 14.6. The van der Waals surface area contributed by atoms with Crippen LogP contribution < -0.4 is 5.32 Å². The number of aryl methyl sites for hydroxylation is 2. The highest BCUT2D eigenvalue weighted by Gasteiger charge is 2.29. The molecule has 0 bridgehead atoms. The highest BCUT2D eigenvalue weighted by atomic mass is 16.2. The molecule has 4 heteroatoms. The Morgan fingerprint density at radius 1 is 1.17 bits per heavy atom. The smallest absolute Gasteiger partial charge is 0.279 e. The van der Waals surface area contributed by atoms with Crippen LogP contribution in [0.3, 0.4) is 0 Å². The van der Waals surface area contributed by atoms with Gasteiger partial charge in [-0.05, 0) is 57.6 Å². The van der Waals surface area contributed by atoms with Crippen LogP contribution in [0.25, 0.3) is 4.85 Å². The van der Waals surface area contributed by atoms with E-state index in [-0.39, 0.29) is 5.91 Å². The number of benzene rings is 1. The topological polar surface area (TPSA) is 33.5 Å². The summed E-state index contributed by atoms with van der Waals surface area (Å²) in [6.45, 7) is 17.0. The molecule has 1 heterocycles. The zero-order chi connectivity index (χ0) is 16.9. The van der Waals surface area contributed by atoms with Gasteiger partial charge in [-0.2, -0.15) is 0 Å². The number of nitrogens with one attached hydrogen (secondary N) is 1. The van der Waals surface area contributed by atoms with Crippen molar-refractivity contribution in [2.24, 2.45) is 0 Å². The van der Waals surface area contributed by atoms with Crippen molar-refractivity contribution < 1.29 is 9.28 Å². The van der Waals surface area contributed by atoms with Crippen LogP contribution in [-0.4, -0.2) is 36.6 Å². The normalized spacial score (nSPS) is 17.1. The maximum atomic E-state index is 12.6. The third-order valence-electron chi connectivity index (χ3n) is 5.08. The van der Waals surface area contributed by atoms with Crippen LogP contribution in [0.4, 0.5) is 11.4 Å². The Kier molecular flexibility index (Phi) is 5.79. The lowest BCUT2D eigenvalue weighted by molar-refractivity contribution is -0.918. The average Bonchev–Trinajstić information content (AvgIpc) is 2.76. The van der Waals surface area contributed by atoms with Crippen LogP contribution in [-0.2, 0) is 4.79 Å². The first kappa shape index (κ1) is 17.5. The Labute approximate surface area is 139 Å². The quantitative estimate of drug-likeness (QED) is 0.655. The molecule has 0 aromatic heterocycles. The number of likely N-dealkylation sites (tertiary alicyclic amines) is 1. The van der Waals surface area contributed by atoms with E-state index in [0.717, 1.165) is 40.9 Å². The fourth-order valence-electron chi connectivity index (χ4n) is 3.63. The monoisotopic (exact) mass is 314 g/mol. The minimum Gasteiger partial charge on any atom is -0.321 e. The van der Waals surface area contributed by atoms with E-state index < -0.39 is 0 Å². The molecule has 1 aromatic carbocycles. The number of amides is 1. The Morgan fingerprint density at radius 2 is 1.74 bits per heavy atom. The van der Waals surface area contributed by atoms with Gasteiger partial charge in [0, 0.05) is 5.69 Å². The summed E-state index contributed by atoms with van der Waals surface area (Å²) in [5.74, 6) is 0.0931. The minimum absolute atomic E-state index is 0.0931. The molecule has 0 spiro atoms. The van der Waals surface area contributed by atoms with Crippen molar-refractivity contribution in [1.82, 2.24) is 0 Å². The standard InChI is InChI=1S/C19H27N3O/c1-5-22(10-8-6-7-9-11-22)14-18(23)21-19-15(2)12-17(20-4)13-16(19)3/h12-13H,5-11,14H2,1-3H3/p+1. The highest BCUT2D eigenvalue weighted by molar-refractivity contribution is 5.93. The second-order valence-electron chi connectivity index (χ2n) is 6.79. The first-order chi connectivity index (χ1) is 11.0. The molecule has 1 aromatic rings. The molecular formula is C19H28N3O+. The van der Waals surface area contributed by atoms with Crippen LogP contribution in [0.2, 0.25) is 0 Å². The summed E-state index contributed by atoms with van der Waals surface area (Å²) in [7, 11) is 0. The summed E-state index contributed by atoms with van der Waals surface area (Å²) in [4.78, 5) is 16.1. The number of rotatable bonds is 4. The number of hydrogen-bond acceptors (Lipinski definition) is 1. The van der Waals surface area contributed by atoms with E-state index in [0.29, 0.717) is 12.2 Å². The molecule has 0 saturated carbocycles. The maximum Gasteiger partial charge on any atom is 0.279 e. The third kappa shape index (κ3) is 4.33. The van der Waals surface area contributed by atoms with Crippen molar-refractivity contribution in [3.8, 4) is 0 Å². The van der Waals surface area contributed by atoms with Crippen molar-refractivity contribution in [3.05, 3.63) is 34.7 Å². The van der Waals surface area contributed by atoms with Gasteiger partial charge in [-0.1, -0.05) is 12.1 Å². The van der Waals surface area contributed by atoms with E-state index in [1.807, 2.05) is 26.0 Å². The van der Waals surface area contributed by atoms with Crippen molar-refractivity contribution in [2.75, 3.05) is 31.5 Å². The molecule has 23 heavy (non-hydrogen) atoms. The Bertz CT molecular complexity index is 585. The van der Waals surface area contributed by atoms with E-state index in [1.165, 1.54) is 25.7 Å². The molecule has 2 rings (SSSR count). The number of carbonyl (C=O) groups excluding carboxylic acids is 1. The number of likely N-dealkylation sites (N-methyl/N-ethyl adjacent to an activating group) is 1. The van der Waals surface area contributed by atoms with Gasteiger partial charge in [0.1, 0.15) is 0 Å². The van der Waals surface area contributed by atoms with E-state index in [4.69, 9.17) is 6.57 Å². The number of carbonyl (C=O) groups is 1. The van der Waals surface area contributed by atoms with Crippen molar-refractivity contribution in [2.45, 2.75) is 46.5 Å². The molecule has 1 amide bonds. The van der Waals surface area contributed by atoms with Gasteiger partial charge in [0.2, 0.25) is 0 Å². The van der Waals surface area contributed by atoms with Crippen LogP contribution in [0.5, 0.6) is 0 Å². The zero-order valence-electron chi connectivity index (χ0n) is 14.6. The van der Waals surface area contributed by atoms with Gasteiger partial charge in [-0.15, -0.1) is 0 Å². The van der Waals surface area contributed by atoms with E-state index in [1.54, 1.807) is 0 Å². The largest absolute Gasteiger partial charge is 0.321 e. The van der Waals surface area contributed by atoms with Crippen LogP contribution in [0.15, 0.2) is 12.1 Å². The van der Waals surface area contributed by atoms with E-state index in [2.05, 4.69) is 17.1 Å².